The van der Waals surface area contributed by atoms with Crippen molar-refractivity contribution in [3.63, 3.8) is 0 Å². The molecular weight excluding hydrogens is 359 g/mol. The van der Waals surface area contributed by atoms with Crippen LogP contribution in [0.1, 0.15) is 28.9 Å². The van der Waals surface area contributed by atoms with Crippen LogP contribution < -0.4 is 10.7 Å². The summed E-state index contributed by atoms with van der Waals surface area (Å²) in [6.45, 7) is 2.07. The first-order valence-electron chi connectivity index (χ1n) is 7.89. The average molecular weight is 373 g/mol. The van der Waals surface area contributed by atoms with E-state index in [1.807, 2.05) is 16.7 Å². The number of carbonyl (C=O) groups is 1. The van der Waals surface area contributed by atoms with Crippen molar-refractivity contribution in [3.8, 4) is 0 Å². The van der Waals surface area contributed by atoms with E-state index in [0.717, 1.165) is 17.5 Å². The molecule has 0 fully saturated rings. The smallest absolute Gasteiger partial charge is 0.261 e. The predicted molar refractivity (Wildman–Crippen MR) is 101 cm³/mol. The molecule has 0 radical (unpaired) electrons. The van der Waals surface area contributed by atoms with Crippen molar-refractivity contribution in [3.05, 3.63) is 74.0 Å². The number of aromatic nitrogens is 1. The second-order valence-corrected chi connectivity index (χ2v) is 7.07. The van der Waals surface area contributed by atoms with Gasteiger partial charge in [0.05, 0.1) is 16.2 Å². The fourth-order valence-electron chi connectivity index (χ4n) is 3.36. The van der Waals surface area contributed by atoms with Crippen molar-refractivity contribution in [1.29, 1.82) is 0 Å². The third-order valence-corrected chi connectivity index (χ3v) is 5.10. The van der Waals surface area contributed by atoms with E-state index in [1.54, 1.807) is 30.5 Å². The minimum Gasteiger partial charge on any atom is -0.343 e. The summed E-state index contributed by atoms with van der Waals surface area (Å²) < 4.78 is 2.00. The van der Waals surface area contributed by atoms with Crippen molar-refractivity contribution in [2.45, 2.75) is 19.4 Å². The molecule has 1 N–H and O–H groups in total. The third-order valence-electron chi connectivity index (χ3n) is 4.55. The van der Waals surface area contributed by atoms with Crippen molar-refractivity contribution in [2.75, 3.05) is 5.32 Å². The van der Waals surface area contributed by atoms with E-state index >= 15 is 0 Å². The minimum absolute atomic E-state index is 0.101. The maximum absolute atomic E-state index is 12.8. The minimum atomic E-state index is -0.482. The van der Waals surface area contributed by atoms with Gasteiger partial charge in [-0.3, -0.25) is 9.59 Å². The molecule has 1 unspecified atom stereocenters. The van der Waals surface area contributed by atoms with Gasteiger partial charge in [-0.15, -0.1) is 0 Å². The van der Waals surface area contributed by atoms with Crippen molar-refractivity contribution in [2.24, 2.45) is 0 Å². The van der Waals surface area contributed by atoms with Crippen molar-refractivity contribution >= 4 is 45.7 Å². The number of anilines is 1. The van der Waals surface area contributed by atoms with Crippen LogP contribution in [0.4, 0.5) is 5.69 Å². The normalized spacial score (nSPS) is 15.6. The number of hydrogen-bond acceptors (Lipinski definition) is 2. The highest BCUT2D eigenvalue weighted by Gasteiger charge is 2.24. The van der Waals surface area contributed by atoms with E-state index in [1.165, 1.54) is 0 Å². The van der Waals surface area contributed by atoms with Gasteiger partial charge in [0.2, 0.25) is 5.43 Å². The molecule has 25 heavy (non-hydrogen) atoms. The first kappa shape index (κ1) is 16.2. The lowest BCUT2D eigenvalue weighted by atomic mass is 10.1. The lowest BCUT2D eigenvalue weighted by Crippen LogP contribution is -2.23. The number of halogens is 2. The van der Waals surface area contributed by atoms with Gasteiger partial charge in [-0.2, -0.15) is 0 Å². The number of hydrogen-bond donors (Lipinski definition) is 1. The molecular formula is C19H14Cl2N2O2. The summed E-state index contributed by atoms with van der Waals surface area (Å²) in [5, 5.41) is 4.06. The van der Waals surface area contributed by atoms with E-state index in [-0.39, 0.29) is 17.0 Å². The molecule has 3 aromatic rings. The summed E-state index contributed by atoms with van der Waals surface area (Å²) in [6.07, 6.45) is 2.50. The molecule has 0 saturated carbocycles. The molecule has 0 aliphatic carbocycles. The van der Waals surface area contributed by atoms with E-state index in [4.69, 9.17) is 23.2 Å². The summed E-state index contributed by atoms with van der Waals surface area (Å²) >= 11 is 12.0. The van der Waals surface area contributed by atoms with Gasteiger partial charge in [0.15, 0.2) is 0 Å². The van der Waals surface area contributed by atoms with Crippen LogP contribution in [-0.2, 0) is 6.42 Å². The van der Waals surface area contributed by atoms with Crippen LogP contribution in [0.2, 0.25) is 10.0 Å². The highest BCUT2D eigenvalue weighted by molar-refractivity contribution is 6.36. The number of rotatable bonds is 2. The summed E-state index contributed by atoms with van der Waals surface area (Å²) in [6, 6.07) is 10.6. The van der Waals surface area contributed by atoms with Crippen LogP contribution in [-0.4, -0.2) is 10.5 Å². The number of nitrogens with zero attached hydrogens (tertiary/aromatic N) is 1. The Morgan fingerprint density at radius 3 is 2.80 bits per heavy atom. The zero-order chi connectivity index (χ0) is 17.7. The van der Waals surface area contributed by atoms with Gasteiger partial charge < -0.3 is 9.88 Å². The molecule has 0 spiro atoms. The fourth-order valence-corrected chi connectivity index (χ4v) is 3.81. The Balaban J connectivity index is 1.81. The molecule has 0 saturated heterocycles. The Morgan fingerprint density at radius 2 is 2.04 bits per heavy atom. The fraction of sp³-hybridized carbons (Fsp3) is 0.158. The first-order valence-corrected chi connectivity index (χ1v) is 8.64. The van der Waals surface area contributed by atoms with Crippen LogP contribution in [0.25, 0.3) is 10.9 Å². The van der Waals surface area contributed by atoms with E-state index in [9.17, 15) is 9.59 Å². The number of carbonyl (C=O) groups excluding carboxylic acids is 1. The van der Waals surface area contributed by atoms with E-state index < -0.39 is 5.91 Å². The lowest BCUT2D eigenvalue weighted by Gasteiger charge is -2.13. The predicted octanol–water partition coefficient (Wildman–Crippen LogP) is 4.68. The molecule has 0 bridgehead atoms. The Kier molecular flexibility index (Phi) is 3.82. The third kappa shape index (κ3) is 2.62. The molecule has 1 aromatic heterocycles. The maximum atomic E-state index is 12.8. The van der Waals surface area contributed by atoms with Gasteiger partial charge in [0, 0.05) is 22.6 Å². The number of amides is 1. The highest BCUT2D eigenvalue weighted by atomic mass is 35.5. The number of pyridine rings is 1. The zero-order valence-electron chi connectivity index (χ0n) is 13.3. The van der Waals surface area contributed by atoms with Crippen molar-refractivity contribution < 1.29 is 4.79 Å². The zero-order valence-corrected chi connectivity index (χ0v) is 14.9. The SMILES string of the molecule is CC1Cc2cccc3c(=O)c(C(=O)Nc4ccc(Cl)cc4Cl)cn1c23. The van der Waals surface area contributed by atoms with Gasteiger partial charge in [0.25, 0.3) is 5.91 Å². The molecule has 4 rings (SSSR count). The van der Waals surface area contributed by atoms with Crippen molar-refractivity contribution in [1.82, 2.24) is 4.57 Å². The average Bonchev–Trinajstić information content (AvgIpc) is 2.89. The summed E-state index contributed by atoms with van der Waals surface area (Å²) in [5.74, 6) is -0.482. The van der Waals surface area contributed by atoms with Gasteiger partial charge in [-0.1, -0.05) is 35.3 Å². The Bertz CT molecular complexity index is 1090. The topological polar surface area (TPSA) is 51.1 Å². The Morgan fingerprint density at radius 1 is 1.24 bits per heavy atom. The first-order chi connectivity index (χ1) is 12.0. The summed E-state index contributed by atoms with van der Waals surface area (Å²) in [5.41, 5.74) is 2.30. The van der Waals surface area contributed by atoms with E-state index in [2.05, 4.69) is 12.2 Å². The molecule has 1 aliphatic heterocycles. The lowest BCUT2D eigenvalue weighted by molar-refractivity contribution is 0.102. The Hall–Kier alpha value is -2.30. The van der Waals surface area contributed by atoms with Gasteiger partial charge in [-0.05, 0) is 43.2 Å². The maximum Gasteiger partial charge on any atom is 0.261 e. The second-order valence-electron chi connectivity index (χ2n) is 6.22. The number of para-hydroxylation sites is 1. The van der Waals surface area contributed by atoms with Crippen LogP contribution in [0, 0.1) is 0 Å². The number of benzene rings is 2. The van der Waals surface area contributed by atoms with Crippen LogP contribution >= 0.6 is 23.2 Å². The van der Waals surface area contributed by atoms with E-state index in [0.29, 0.717) is 21.1 Å². The molecule has 4 nitrogen and oxygen atoms in total. The quantitative estimate of drug-likeness (QED) is 0.709. The van der Waals surface area contributed by atoms with Gasteiger partial charge >= 0.3 is 0 Å². The molecule has 126 valence electrons. The summed E-state index contributed by atoms with van der Waals surface area (Å²) in [7, 11) is 0. The van der Waals surface area contributed by atoms with Gasteiger partial charge in [-0.25, -0.2) is 0 Å². The molecule has 1 atom stereocenters. The van der Waals surface area contributed by atoms with Crippen LogP contribution in [0.5, 0.6) is 0 Å². The number of nitrogens with one attached hydrogen (secondary N) is 1. The van der Waals surface area contributed by atoms with Crippen LogP contribution in [0.3, 0.4) is 0 Å². The molecule has 6 heteroatoms. The highest BCUT2D eigenvalue weighted by Crippen LogP contribution is 2.31. The standard InChI is InChI=1S/C19H14Cl2N2O2/c1-10-7-11-3-2-4-13-17(11)23(10)9-14(18(13)24)19(25)22-16-6-5-12(20)8-15(16)21/h2-6,8-10H,7H2,1H3,(H,22,25). The molecule has 2 heterocycles. The molecule has 2 aromatic carbocycles. The molecule has 1 aliphatic rings. The van der Waals surface area contributed by atoms with Gasteiger partial charge in [0.1, 0.15) is 5.56 Å². The second kappa shape index (κ2) is 5.90. The monoisotopic (exact) mass is 372 g/mol. The largest absolute Gasteiger partial charge is 0.343 e. The van der Waals surface area contributed by atoms with Crippen LogP contribution in [0.15, 0.2) is 47.4 Å². The Labute approximate surface area is 154 Å². The molecule has 1 amide bonds. The summed E-state index contributed by atoms with van der Waals surface area (Å²) in [4.78, 5) is 25.5.